The number of hydrogen-bond donors (Lipinski definition) is 1. The Hall–Kier alpha value is -2.73. The van der Waals surface area contributed by atoms with E-state index in [0.29, 0.717) is 21.9 Å². The minimum atomic E-state index is -1.44. The molecule has 0 bridgehead atoms. The highest BCUT2D eigenvalue weighted by atomic mass is 32.2. The summed E-state index contributed by atoms with van der Waals surface area (Å²) < 4.78 is 10.5. The summed E-state index contributed by atoms with van der Waals surface area (Å²) in [6.07, 6.45) is 0.389. The van der Waals surface area contributed by atoms with Gasteiger partial charge in [0.1, 0.15) is 29.3 Å². The molecule has 0 heterocycles. The van der Waals surface area contributed by atoms with Gasteiger partial charge in [-0.3, -0.25) is 9.59 Å². The molecule has 2 aromatic rings. The van der Waals surface area contributed by atoms with Crippen molar-refractivity contribution >= 4 is 39.9 Å². The molecule has 2 aromatic carbocycles. The fraction of sp³-hybridized carbons (Fsp3) is 0.360. The van der Waals surface area contributed by atoms with E-state index in [1.165, 1.54) is 25.6 Å². The molecule has 174 valence electrons. The largest absolute Gasteiger partial charge is 0.490 e. The molecule has 1 atom stereocenters. The second-order valence-corrected chi connectivity index (χ2v) is 10.3. The lowest BCUT2D eigenvalue weighted by Gasteiger charge is -2.21. The van der Waals surface area contributed by atoms with Crippen LogP contribution >= 0.6 is 24.0 Å². The summed E-state index contributed by atoms with van der Waals surface area (Å²) >= 11 is 6.71. The molecule has 0 aliphatic heterocycles. The predicted octanol–water partition coefficient (Wildman–Crippen LogP) is 4.73. The van der Waals surface area contributed by atoms with Crippen molar-refractivity contribution < 1.29 is 24.2 Å². The fourth-order valence-electron chi connectivity index (χ4n) is 2.75. The zero-order chi connectivity index (χ0) is 24.5. The number of esters is 1. The number of carbonyl (C=O) groups is 2. The van der Waals surface area contributed by atoms with Crippen LogP contribution in [0.15, 0.2) is 54.6 Å². The van der Waals surface area contributed by atoms with E-state index in [0.717, 1.165) is 5.56 Å². The third-order valence-electron chi connectivity index (χ3n) is 4.66. The van der Waals surface area contributed by atoms with Gasteiger partial charge in [-0.05, 0) is 57.0 Å². The maximum Gasteiger partial charge on any atom is 0.305 e. The lowest BCUT2D eigenvalue weighted by atomic mass is 9.97. The number of ketones is 1. The molecule has 0 saturated heterocycles. The number of Topliss-reactive ketones (excluding diaryl/α,β-unsaturated/α-hetero) is 1. The molecule has 0 radical (unpaired) electrons. The maximum atomic E-state index is 12.1. The molecule has 6 nitrogen and oxygen atoms in total. The van der Waals surface area contributed by atoms with Crippen LogP contribution in [0, 0.1) is 11.3 Å². The first-order valence-corrected chi connectivity index (χ1v) is 11.6. The Morgan fingerprint density at radius 2 is 1.67 bits per heavy atom. The van der Waals surface area contributed by atoms with Crippen LogP contribution in [0.4, 0.5) is 0 Å². The first-order chi connectivity index (χ1) is 15.5. The van der Waals surface area contributed by atoms with Gasteiger partial charge < -0.3 is 14.6 Å². The average molecular weight is 486 g/mol. The van der Waals surface area contributed by atoms with Crippen LogP contribution in [0.5, 0.6) is 5.75 Å². The van der Waals surface area contributed by atoms with Gasteiger partial charge in [-0.2, -0.15) is 5.26 Å². The second-order valence-electron chi connectivity index (χ2n) is 8.08. The first kappa shape index (κ1) is 26.5. The van der Waals surface area contributed by atoms with Crippen molar-refractivity contribution in [3.05, 3.63) is 65.7 Å². The van der Waals surface area contributed by atoms with E-state index in [4.69, 9.17) is 21.7 Å². The van der Waals surface area contributed by atoms with Gasteiger partial charge in [-0.1, -0.05) is 54.3 Å². The summed E-state index contributed by atoms with van der Waals surface area (Å²) in [5, 5.41) is 19.4. The molecule has 0 saturated carbocycles. The van der Waals surface area contributed by atoms with Gasteiger partial charge in [0.05, 0.1) is 10.3 Å². The van der Waals surface area contributed by atoms with Crippen LogP contribution in [0.1, 0.15) is 49.5 Å². The SMILES string of the molecule is CC(C#N)(CCC(=O)OCCOc1ccc(C(=O)C(C)(C)O)cc1)SC(=S)c1ccccc1. The summed E-state index contributed by atoms with van der Waals surface area (Å²) in [6, 6.07) is 18.1. The molecule has 1 unspecified atom stereocenters. The van der Waals surface area contributed by atoms with Crippen LogP contribution in [-0.2, 0) is 9.53 Å². The third kappa shape index (κ3) is 8.61. The number of hydrogen-bond acceptors (Lipinski definition) is 8. The lowest BCUT2D eigenvalue weighted by Crippen LogP contribution is -2.30. The minimum Gasteiger partial charge on any atom is -0.490 e. The van der Waals surface area contributed by atoms with Gasteiger partial charge >= 0.3 is 5.97 Å². The molecule has 0 aromatic heterocycles. The van der Waals surface area contributed by atoms with E-state index < -0.39 is 16.3 Å². The molecule has 8 heteroatoms. The molecular weight excluding hydrogens is 458 g/mol. The van der Waals surface area contributed by atoms with Crippen LogP contribution in [0.3, 0.4) is 0 Å². The summed E-state index contributed by atoms with van der Waals surface area (Å²) in [5.74, 6) is -0.284. The standard InChI is InChI=1S/C25H27NO5S2/c1-24(2,29)22(28)18-9-11-20(12-10-18)30-15-16-31-21(27)13-14-25(3,17-26)33-23(32)19-7-5-4-6-8-19/h4-12,29H,13-16H2,1-3H3. The number of benzene rings is 2. The minimum absolute atomic E-state index is 0.0576. The highest BCUT2D eigenvalue weighted by Gasteiger charge is 2.28. The highest BCUT2D eigenvalue weighted by Crippen LogP contribution is 2.33. The Morgan fingerprint density at radius 1 is 1.03 bits per heavy atom. The van der Waals surface area contributed by atoms with Gasteiger partial charge in [0.2, 0.25) is 0 Å². The second kappa shape index (κ2) is 11.9. The third-order valence-corrected chi connectivity index (χ3v) is 6.31. The topological polar surface area (TPSA) is 96.6 Å². The van der Waals surface area contributed by atoms with E-state index in [1.54, 1.807) is 31.2 Å². The number of ether oxygens (including phenoxy) is 2. The van der Waals surface area contributed by atoms with Gasteiger partial charge in [-0.25, -0.2) is 0 Å². The van der Waals surface area contributed by atoms with Crippen LogP contribution in [-0.4, -0.2) is 44.6 Å². The smallest absolute Gasteiger partial charge is 0.305 e. The highest BCUT2D eigenvalue weighted by molar-refractivity contribution is 8.24. The van der Waals surface area contributed by atoms with Crippen LogP contribution in [0.25, 0.3) is 0 Å². The molecule has 0 fully saturated rings. The zero-order valence-corrected chi connectivity index (χ0v) is 20.5. The lowest BCUT2D eigenvalue weighted by molar-refractivity contribution is -0.144. The van der Waals surface area contributed by atoms with Crippen LogP contribution < -0.4 is 4.74 Å². The number of rotatable bonds is 11. The molecule has 0 spiro atoms. The Balaban J connectivity index is 1.73. The Kier molecular flexibility index (Phi) is 9.59. The Bertz CT molecular complexity index is 1010. The molecule has 1 N–H and O–H groups in total. The van der Waals surface area contributed by atoms with Crippen LogP contribution in [0.2, 0.25) is 0 Å². The number of nitriles is 1. The van der Waals surface area contributed by atoms with Gasteiger partial charge in [-0.15, -0.1) is 0 Å². The summed E-state index contributed by atoms with van der Waals surface area (Å²) in [5.41, 5.74) is -0.189. The van der Waals surface area contributed by atoms with Crippen molar-refractivity contribution in [2.45, 2.75) is 44.0 Å². The number of thioether (sulfide) groups is 1. The van der Waals surface area contributed by atoms with Crippen molar-refractivity contribution in [1.29, 1.82) is 5.26 Å². The predicted molar refractivity (Wildman–Crippen MR) is 133 cm³/mol. The van der Waals surface area contributed by atoms with Gasteiger partial charge in [0.15, 0.2) is 5.78 Å². The number of nitrogens with zero attached hydrogens (tertiary/aromatic N) is 1. The van der Waals surface area contributed by atoms with E-state index in [-0.39, 0.29) is 25.4 Å². The van der Waals surface area contributed by atoms with Crippen molar-refractivity contribution in [1.82, 2.24) is 0 Å². The molecule has 2 rings (SSSR count). The van der Waals surface area contributed by atoms with Crippen molar-refractivity contribution in [2.75, 3.05) is 13.2 Å². The van der Waals surface area contributed by atoms with Gasteiger partial charge in [0, 0.05) is 12.0 Å². The van der Waals surface area contributed by atoms with Crippen molar-refractivity contribution in [3.8, 4) is 11.8 Å². The Labute approximate surface area is 203 Å². The quantitative estimate of drug-likeness (QED) is 0.211. The monoisotopic (exact) mass is 485 g/mol. The van der Waals surface area contributed by atoms with E-state index in [9.17, 15) is 20.0 Å². The molecular formula is C25H27NO5S2. The Morgan fingerprint density at radius 3 is 2.24 bits per heavy atom. The van der Waals surface area contributed by atoms with E-state index >= 15 is 0 Å². The summed E-state index contributed by atoms with van der Waals surface area (Å²) in [6.45, 7) is 4.83. The molecule has 0 amide bonds. The first-order valence-electron chi connectivity index (χ1n) is 10.4. The molecule has 0 aliphatic rings. The van der Waals surface area contributed by atoms with Crippen molar-refractivity contribution in [2.24, 2.45) is 0 Å². The fourth-order valence-corrected chi connectivity index (χ4v) is 4.35. The van der Waals surface area contributed by atoms with Gasteiger partial charge in [0.25, 0.3) is 0 Å². The molecule has 33 heavy (non-hydrogen) atoms. The normalized spacial score (nSPS) is 12.8. The summed E-state index contributed by atoms with van der Waals surface area (Å²) in [4.78, 5) is 24.1. The average Bonchev–Trinajstić information content (AvgIpc) is 2.80. The molecule has 0 aliphatic carbocycles. The number of aliphatic hydroxyl groups is 1. The van der Waals surface area contributed by atoms with E-state index in [2.05, 4.69) is 6.07 Å². The summed E-state index contributed by atoms with van der Waals surface area (Å²) in [7, 11) is 0. The number of carbonyl (C=O) groups excluding carboxylic acids is 2. The zero-order valence-electron chi connectivity index (χ0n) is 18.9. The maximum absolute atomic E-state index is 12.1. The van der Waals surface area contributed by atoms with E-state index in [1.807, 2.05) is 30.3 Å². The van der Waals surface area contributed by atoms with Crippen molar-refractivity contribution in [3.63, 3.8) is 0 Å². The number of thiocarbonyl (C=S) groups is 1.